The Morgan fingerprint density at radius 3 is 2.80 bits per heavy atom. The van der Waals surface area contributed by atoms with Gasteiger partial charge in [0.15, 0.2) is 12.1 Å². The molecule has 0 aromatic heterocycles. The summed E-state index contributed by atoms with van der Waals surface area (Å²) in [5, 5.41) is 19.9. The van der Waals surface area contributed by atoms with Crippen molar-refractivity contribution in [1.82, 2.24) is 0 Å². The van der Waals surface area contributed by atoms with Crippen molar-refractivity contribution >= 4 is 0 Å². The van der Waals surface area contributed by atoms with Gasteiger partial charge in [-0.15, -0.1) is 0 Å². The molecular weight excluding hydrogens is 444 g/mol. The van der Waals surface area contributed by atoms with Crippen LogP contribution in [0.2, 0.25) is 0 Å². The van der Waals surface area contributed by atoms with Gasteiger partial charge < -0.3 is 29.2 Å². The maximum atomic E-state index is 10.3. The first-order chi connectivity index (χ1) is 16.8. The molecule has 7 rings (SSSR count). The molecule has 4 unspecified atom stereocenters. The largest absolute Gasteiger partial charge is 0.396 e. The fourth-order valence-electron chi connectivity index (χ4n) is 10.2. The zero-order valence-electron chi connectivity index (χ0n) is 21.7. The third-order valence-electron chi connectivity index (χ3n) is 12.1. The fourth-order valence-corrected chi connectivity index (χ4v) is 10.2. The van der Waals surface area contributed by atoms with Gasteiger partial charge in [0, 0.05) is 36.2 Å². The number of allylic oxidation sites excluding steroid dienone is 1. The number of hydrogen-bond donors (Lipinski definition) is 2. The minimum Gasteiger partial charge on any atom is -0.396 e. The highest BCUT2D eigenvalue weighted by Gasteiger charge is 2.75. The van der Waals surface area contributed by atoms with Gasteiger partial charge >= 0.3 is 0 Å². The van der Waals surface area contributed by atoms with Gasteiger partial charge in [0.25, 0.3) is 0 Å². The smallest absolute Gasteiger partial charge is 0.177 e. The minimum absolute atomic E-state index is 0.0288. The van der Waals surface area contributed by atoms with Gasteiger partial charge in [-0.25, -0.2) is 0 Å². The Morgan fingerprint density at radius 1 is 1.11 bits per heavy atom. The van der Waals surface area contributed by atoms with E-state index in [1.165, 1.54) is 25.7 Å². The van der Waals surface area contributed by atoms with Crippen molar-refractivity contribution in [3.05, 3.63) is 11.6 Å². The van der Waals surface area contributed by atoms with E-state index in [0.717, 1.165) is 32.3 Å². The summed E-state index contributed by atoms with van der Waals surface area (Å²) >= 11 is 0. The van der Waals surface area contributed by atoms with E-state index in [0.29, 0.717) is 36.2 Å². The van der Waals surface area contributed by atoms with Crippen molar-refractivity contribution < 1.29 is 29.2 Å². The standard InChI is InChI=1S/C29H44O6/c1-16-26(31)18(14-30)12-24(33-16)34-20-8-10-27(2)19(13-20)5-6-22-21(27)9-11-28(3)25-17-4-7-23(25)35-29(22,28)32-15-17/h5,16-18,20-26,30-31H,4,6-15H2,1-3H3/t16?,17-,18?,20+,21+,22-,23-,24?,25+,26?,27+,28-,29-/m1/s1. The van der Waals surface area contributed by atoms with E-state index >= 15 is 0 Å². The van der Waals surface area contributed by atoms with Crippen LogP contribution in [0, 0.1) is 40.4 Å². The van der Waals surface area contributed by atoms with Gasteiger partial charge in [-0.1, -0.05) is 25.5 Å². The van der Waals surface area contributed by atoms with Crippen molar-refractivity contribution in [3.63, 3.8) is 0 Å². The Kier molecular flexibility index (Phi) is 5.40. The third-order valence-corrected chi connectivity index (χ3v) is 12.1. The highest BCUT2D eigenvalue weighted by molar-refractivity contribution is 5.28. The Hall–Kier alpha value is -0.500. The van der Waals surface area contributed by atoms with Gasteiger partial charge in [0.05, 0.1) is 31.0 Å². The molecule has 4 aliphatic carbocycles. The number of rotatable bonds is 3. The molecule has 2 N–H and O–H groups in total. The molecule has 3 heterocycles. The lowest BCUT2D eigenvalue weighted by atomic mass is 9.46. The lowest BCUT2D eigenvalue weighted by molar-refractivity contribution is -0.345. The van der Waals surface area contributed by atoms with E-state index in [1.807, 2.05) is 6.92 Å². The number of fused-ring (bicyclic) bond motifs is 3. The maximum Gasteiger partial charge on any atom is 0.177 e. The van der Waals surface area contributed by atoms with Crippen molar-refractivity contribution in [2.24, 2.45) is 40.4 Å². The summed E-state index contributed by atoms with van der Waals surface area (Å²) in [4.78, 5) is 0. The van der Waals surface area contributed by atoms with Crippen molar-refractivity contribution in [2.45, 2.75) is 115 Å². The van der Waals surface area contributed by atoms with E-state index in [1.54, 1.807) is 5.57 Å². The van der Waals surface area contributed by atoms with Gasteiger partial charge in [-0.2, -0.15) is 0 Å². The summed E-state index contributed by atoms with van der Waals surface area (Å²) in [6, 6.07) is 0. The molecule has 0 amide bonds. The average Bonchev–Trinajstić information content (AvgIpc) is 3.29. The molecule has 6 heteroatoms. The van der Waals surface area contributed by atoms with Crippen LogP contribution in [0.5, 0.6) is 0 Å². The van der Waals surface area contributed by atoms with E-state index in [4.69, 9.17) is 18.9 Å². The zero-order chi connectivity index (χ0) is 24.2. The van der Waals surface area contributed by atoms with Crippen molar-refractivity contribution in [2.75, 3.05) is 13.2 Å². The zero-order valence-corrected chi connectivity index (χ0v) is 21.7. The highest BCUT2D eigenvalue weighted by atomic mass is 16.7. The molecule has 6 fully saturated rings. The number of hydrogen-bond acceptors (Lipinski definition) is 6. The SMILES string of the molecule is CC1OC(O[C@H]2CC[C@@]3(C)C(=CC[C@@H]4[C@@H]3CC[C@]3(C)[C@H]5[C@@H]6CC[C@H]5O[C@]43OC6)C2)CC(CO)C1O. The van der Waals surface area contributed by atoms with Crippen LogP contribution in [0.4, 0.5) is 0 Å². The molecule has 0 aromatic rings. The quantitative estimate of drug-likeness (QED) is 0.581. The van der Waals surface area contributed by atoms with Crippen LogP contribution in [0.25, 0.3) is 0 Å². The normalized spacial score (nSPS) is 58.8. The van der Waals surface area contributed by atoms with Gasteiger partial charge in [-0.3, -0.25) is 0 Å². The fraction of sp³-hybridized carbons (Fsp3) is 0.931. The molecule has 3 saturated heterocycles. The van der Waals surface area contributed by atoms with E-state index in [-0.39, 0.29) is 47.6 Å². The van der Waals surface area contributed by atoms with Crippen LogP contribution in [-0.2, 0) is 18.9 Å². The highest BCUT2D eigenvalue weighted by Crippen LogP contribution is 2.73. The summed E-state index contributed by atoms with van der Waals surface area (Å²) < 4.78 is 26.2. The maximum absolute atomic E-state index is 10.3. The Morgan fingerprint density at radius 2 is 1.97 bits per heavy atom. The molecule has 3 aliphatic heterocycles. The average molecular weight is 489 g/mol. The first kappa shape index (κ1) is 23.6. The van der Waals surface area contributed by atoms with Gasteiger partial charge in [0.2, 0.25) is 0 Å². The van der Waals surface area contributed by atoms with E-state index in [9.17, 15) is 10.2 Å². The van der Waals surface area contributed by atoms with E-state index in [2.05, 4.69) is 19.9 Å². The Bertz CT molecular complexity index is 890. The first-order valence-corrected chi connectivity index (χ1v) is 14.4. The van der Waals surface area contributed by atoms with Crippen LogP contribution < -0.4 is 0 Å². The second kappa shape index (κ2) is 8.00. The van der Waals surface area contributed by atoms with Gasteiger partial charge in [0.1, 0.15) is 0 Å². The van der Waals surface area contributed by atoms with Crippen LogP contribution in [-0.4, -0.2) is 59.9 Å². The summed E-state index contributed by atoms with van der Waals surface area (Å²) in [7, 11) is 0. The second-order valence-corrected chi connectivity index (χ2v) is 13.5. The summed E-state index contributed by atoms with van der Waals surface area (Å²) in [5.41, 5.74) is 1.91. The molecule has 196 valence electrons. The number of aliphatic hydroxyl groups is 2. The molecule has 2 bridgehead atoms. The van der Waals surface area contributed by atoms with Crippen LogP contribution in [0.1, 0.15) is 78.6 Å². The Labute approximate surface area is 209 Å². The molecule has 0 radical (unpaired) electrons. The first-order valence-electron chi connectivity index (χ1n) is 14.4. The van der Waals surface area contributed by atoms with Crippen molar-refractivity contribution in [3.8, 4) is 0 Å². The second-order valence-electron chi connectivity index (χ2n) is 13.5. The third kappa shape index (κ3) is 3.10. The monoisotopic (exact) mass is 488 g/mol. The number of aliphatic hydroxyl groups excluding tert-OH is 2. The molecule has 6 nitrogen and oxygen atoms in total. The van der Waals surface area contributed by atoms with Crippen molar-refractivity contribution in [1.29, 1.82) is 0 Å². The Balaban J connectivity index is 1.10. The van der Waals surface area contributed by atoms with Gasteiger partial charge in [-0.05, 0) is 75.5 Å². The molecule has 0 spiro atoms. The predicted molar refractivity (Wildman–Crippen MR) is 129 cm³/mol. The minimum atomic E-state index is -0.626. The number of ether oxygens (including phenoxy) is 4. The summed E-state index contributed by atoms with van der Waals surface area (Å²) in [6.07, 6.45) is 11.5. The summed E-state index contributed by atoms with van der Waals surface area (Å²) in [6.45, 7) is 7.74. The summed E-state index contributed by atoms with van der Waals surface area (Å²) in [5.74, 6) is 1.89. The van der Waals surface area contributed by atoms with Crippen LogP contribution >= 0.6 is 0 Å². The molecule has 13 atom stereocenters. The lowest BCUT2D eigenvalue weighted by Gasteiger charge is -2.63. The van der Waals surface area contributed by atoms with E-state index < -0.39 is 6.10 Å². The predicted octanol–water partition coefficient (Wildman–Crippen LogP) is 4.18. The molecule has 3 saturated carbocycles. The molecule has 35 heavy (non-hydrogen) atoms. The molecule has 0 aromatic carbocycles. The topological polar surface area (TPSA) is 77.4 Å². The van der Waals surface area contributed by atoms with Crippen LogP contribution in [0.15, 0.2) is 11.6 Å². The molecular formula is C29H44O6. The molecule has 7 aliphatic rings. The lowest BCUT2D eigenvalue weighted by Crippen LogP contribution is -2.65. The van der Waals surface area contributed by atoms with Crippen LogP contribution in [0.3, 0.4) is 0 Å².